The monoisotopic (exact) mass is 403 g/mol. The van der Waals surface area contributed by atoms with Gasteiger partial charge in [0, 0.05) is 31.0 Å². The number of nitrogens with zero attached hydrogens (tertiary/aromatic N) is 4. The molecule has 0 bridgehead atoms. The van der Waals surface area contributed by atoms with Gasteiger partial charge in [-0.1, -0.05) is 18.2 Å². The first-order valence-electron chi connectivity index (χ1n) is 9.36. The van der Waals surface area contributed by atoms with Crippen molar-refractivity contribution < 1.29 is 18.0 Å². The summed E-state index contributed by atoms with van der Waals surface area (Å²) in [4.78, 5) is 22.1. The van der Waals surface area contributed by atoms with E-state index in [4.69, 9.17) is 0 Å². The van der Waals surface area contributed by atoms with Gasteiger partial charge in [0.15, 0.2) is 5.65 Å². The molecule has 2 amide bonds. The molecule has 1 aliphatic heterocycles. The molecule has 0 radical (unpaired) electrons. The second-order valence-corrected chi connectivity index (χ2v) is 7.11. The van der Waals surface area contributed by atoms with E-state index >= 15 is 0 Å². The number of piperidine rings is 1. The Morgan fingerprint density at radius 1 is 1.14 bits per heavy atom. The highest BCUT2D eigenvalue weighted by atomic mass is 19.4. The van der Waals surface area contributed by atoms with E-state index in [1.165, 1.54) is 16.8 Å². The molecule has 0 atom stereocenters. The summed E-state index contributed by atoms with van der Waals surface area (Å²) >= 11 is 0. The van der Waals surface area contributed by atoms with Crippen LogP contribution in [-0.2, 0) is 6.18 Å². The average Bonchev–Trinajstić information content (AvgIpc) is 3.10. The Hall–Kier alpha value is -3.10. The molecule has 2 aromatic heterocycles. The second-order valence-electron chi connectivity index (χ2n) is 7.11. The number of aryl methyl sites for hydroxylation is 1. The van der Waals surface area contributed by atoms with Crippen LogP contribution in [0.2, 0.25) is 0 Å². The minimum atomic E-state index is -4.57. The van der Waals surface area contributed by atoms with Crippen LogP contribution in [0.1, 0.15) is 30.3 Å². The third kappa shape index (κ3) is 3.76. The van der Waals surface area contributed by atoms with E-state index in [-0.39, 0.29) is 17.2 Å². The van der Waals surface area contributed by atoms with Crippen LogP contribution in [0.25, 0.3) is 11.2 Å². The lowest BCUT2D eigenvalue weighted by Crippen LogP contribution is -2.42. The number of likely N-dealkylation sites (tertiary alicyclic amines) is 1. The number of para-hydroxylation sites is 1. The van der Waals surface area contributed by atoms with E-state index in [2.05, 4.69) is 15.3 Å². The van der Waals surface area contributed by atoms with Gasteiger partial charge < -0.3 is 14.8 Å². The number of alkyl halides is 3. The minimum absolute atomic E-state index is 0.222. The number of anilines is 1. The van der Waals surface area contributed by atoms with E-state index in [9.17, 15) is 18.0 Å². The first kappa shape index (κ1) is 19.2. The van der Waals surface area contributed by atoms with Crippen molar-refractivity contribution in [2.45, 2.75) is 32.0 Å². The van der Waals surface area contributed by atoms with Crippen LogP contribution in [0.4, 0.5) is 23.7 Å². The Bertz CT molecular complexity index is 1040. The molecule has 1 aromatic carbocycles. The fourth-order valence-corrected chi connectivity index (χ4v) is 3.71. The standard InChI is InChI=1S/C20H20F3N5O/c1-13-5-2-3-6-15(13)26-19(29)27-11-8-14(9-12-27)28-17-16(7-4-10-24-17)25-18(28)20(21,22)23/h2-7,10,14H,8-9,11-12H2,1H3,(H,26,29). The van der Waals surface area contributed by atoms with Gasteiger partial charge in [-0.3, -0.25) is 0 Å². The van der Waals surface area contributed by atoms with Crippen molar-refractivity contribution in [1.82, 2.24) is 19.4 Å². The highest BCUT2D eigenvalue weighted by Crippen LogP contribution is 2.36. The summed E-state index contributed by atoms with van der Waals surface area (Å²) in [6, 6.07) is 9.87. The van der Waals surface area contributed by atoms with Crippen LogP contribution in [-0.4, -0.2) is 38.6 Å². The Labute approximate surface area is 165 Å². The highest BCUT2D eigenvalue weighted by Gasteiger charge is 2.40. The lowest BCUT2D eigenvalue weighted by molar-refractivity contribution is -0.147. The maximum absolute atomic E-state index is 13.5. The maximum Gasteiger partial charge on any atom is 0.449 e. The molecule has 1 saturated heterocycles. The van der Waals surface area contributed by atoms with Crippen molar-refractivity contribution >= 4 is 22.9 Å². The zero-order valence-electron chi connectivity index (χ0n) is 15.8. The Balaban J connectivity index is 1.52. The van der Waals surface area contributed by atoms with Crippen LogP contribution < -0.4 is 5.32 Å². The molecular formula is C20H20F3N5O. The van der Waals surface area contributed by atoms with Gasteiger partial charge in [0.25, 0.3) is 0 Å². The number of fused-ring (bicyclic) bond motifs is 1. The number of pyridine rings is 1. The summed E-state index contributed by atoms with van der Waals surface area (Å²) in [6.07, 6.45) is -2.32. The van der Waals surface area contributed by atoms with E-state index in [1.54, 1.807) is 11.0 Å². The number of amides is 2. The fraction of sp³-hybridized carbons (Fsp3) is 0.350. The molecule has 9 heteroatoms. The summed E-state index contributed by atoms with van der Waals surface area (Å²) in [5.41, 5.74) is 2.12. The molecule has 6 nitrogen and oxygen atoms in total. The van der Waals surface area contributed by atoms with Gasteiger partial charge in [0.05, 0.1) is 0 Å². The number of hydrogen-bond donors (Lipinski definition) is 1. The molecule has 3 aromatic rings. The molecular weight excluding hydrogens is 383 g/mol. The van der Waals surface area contributed by atoms with Gasteiger partial charge in [-0.2, -0.15) is 13.2 Å². The number of aromatic nitrogens is 3. The zero-order valence-corrected chi connectivity index (χ0v) is 15.8. The molecule has 152 valence electrons. The van der Waals surface area contributed by atoms with E-state index in [0.717, 1.165) is 11.3 Å². The van der Waals surface area contributed by atoms with Crippen LogP contribution in [0.15, 0.2) is 42.6 Å². The first-order chi connectivity index (χ1) is 13.8. The molecule has 1 aliphatic rings. The number of benzene rings is 1. The fourth-order valence-electron chi connectivity index (χ4n) is 3.71. The topological polar surface area (TPSA) is 63.1 Å². The van der Waals surface area contributed by atoms with Gasteiger partial charge in [-0.25, -0.2) is 14.8 Å². The summed E-state index contributed by atoms with van der Waals surface area (Å²) in [7, 11) is 0. The number of rotatable bonds is 2. The average molecular weight is 403 g/mol. The van der Waals surface area contributed by atoms with Crippen molar-refractivity contribution in [1.29, 1.82) is 0 Å². The van der Waals surface area contributed by atoms with Gasteiger partial charge in [0.1, 0.15) is 5.52 Å². The van der Waals surface area contributed by atoms with Crippen LogP contribution in [0.5, 0.6) is 0 Å². The Kier molecular flexibility index (Phi) is 4.89. The highest BCUT2D eigenvalue weighted by molar-refractivity contribution is 5.90. The second kappa shape index (κ2) is 7.38. The molecule has 0 spiro atoms. The predicted molar refractivity (Wildman–Crippen MR) is 103 cm³/mol. The van der Waals surface area contributed by atoms with E-state index in [1.807, 2.05) is 31.2 Å². The Morgan fingerprint density at radius 3 is 2.55 bits per heavy atom. The largest absolute Gasteiger partial charge is 0.449 e. The molecule has 3 heterocycles. The van der Waals surface area contributed by atoms with Crippen molar-refractivity contribution in [2.24, 2.45) is 0 Å². The van der Waals surface area contributed by atoms with Gasteiger partial charge in [-0.15, -0.1) is 0 Å². The molecule has 1 fully saturated rings. The van der Waals surface area contributed by atoms with E-state index < -0.39 is 18.0 Å². The zero-order chi connectivity index (χ0) is 20.6. The third-order valence-electron chi connectivity index (χ3n) is 5.21. The van der Waals surface area contributed by atoms with Crippen molar-refractivity contribution in [3.8, 4) is 0 Å². The lowest BCUT2D eigenvalue weighted by atomic mass is 10.0. The number of urea groups is 1. The number of halogens is 3. The quantitative estimate of drug-likeness (QED) is 0.679. The number of hydrogen-bond acceptors (Lipinski definition) is 3. The summed E-state index contributed by atoms with van der Waals surface area (Å²) < 4.78 is 41.8. The number of nitrogens with one attached hydrogen (secondary N) is 1. The van der Waals surface area contributed by atoms with Crippen molar-refractivity contribution in [3.63, 3.8) is 0 Å². The smallest absolute Gasteiger partial charge is 0.324 e. The van der Waals surface area contributed by atoms with Crippen LogP contribution in [0.3, 0.4) is 0 Å². The SMILES string of the molecule is Cc1ccccc1NC(=O)N1CCC(n2c(C(F)(F)F)nc3cccnc32)CC1. The van der Waals surface area contributed by atoms with Gasteiger partial charge >= 0.3 is 12.2 Å². The molecule has 0 aliphatic carbocycles. The molecule has 0 unspecified atom stereocenters. The van der Waals surface area contributed by atoms with Crippen molar-refractivity contribution in [2.75, 3.05) is 18.4 Å². The molecule has 29 heavy (non-hydrogen) atoms. The van der Waals surface area contributed by atoms with Crippen LogP contribution >= 0.6 is 0 Å². The minimum Gasteiger partial charge on any atom is -0.324 e. The van der Waals surface area contributed by atoms with Gasteiger partial charge in [0.2, 0.25) is 5.82 Å². The normalized spacial score (nSPS) is 15.7. The third-order valence-corrected chi connectivity index (χ3v) is 5.21. The maximum atomic E-state index is 13.5. The summed E-state index contributed by atoms with van der Waals surface area (Å²) in [5.74, 6) is -0.936. The lowest BCUT2D eigenvalue weighted by Gasteiger charge is -2.33. The van der Waals surface area contributed by atoms with E-state index in [0.29, 0.717) is 25.9 Å². The number of imidazole rings is 1. The molecule has 0 saturated carbocycles. The number of carbonyl (C=O) groups excluding carboxylic acids is 1. The van der Waals surface area contributed by atoms with Crippen molar-refractivity contribution in [3.05, 3.63) is 54.0 Å². The van der Waals surface area contributed by atoms with Gasteiger partial charge in [-0.05, 0) is 43.5 Å². The number of carbonyl (C=O) groups is 1. The summed E-state index contributed by atoms with van der Waals surface area (Å²) in [5, 5.41) is 2.87. The van der Waals surface area contributed by atoms with Crippen LogP contribution in [0, 0.1) is 6.92 Å². The molecule has 4 rings (SSSR count). The first-order valence-corrected chi connectivity index (χ1v) is 9.36. The predicted octanol–water partition coefficient (Wildman–Crippen LogP) is 4.63. The Morgan fingerprint density at radius 2 is 1.86 bits per heavy atom. The molecule has 1 N–H and O–H groups in total. The summed E-state index contributed by atoms with van der Waals surface area (Å²) in [6.45, 7) is 2.61.